The van der Waals surface area contributed by atoms with Crippen molar-refractivity contribution in [1.29, 1.82) is 0 Å². The standard InChI is InChI=1S/C25H36N4O4S.C20H32N2O2.C5H5FN2O2S/c1-24(2,3)33-23(30)29-17-19(16-25(29,4)5)20(18-10-7-6-8-11-18)14-15-27-21-12-9-13-22(28-21)34(26,31)32;1-19(2,3)24-18(23)22-14-16(13-20(22,4)5)17(11-12-21)15-9-7-6-8-10-15;6-4-2-1-3-5(8-4)11(7,9)10/h6-13,19-20H,14-17H2,1-5H3,(H,27,28)(H2,26,31,32);6-10,16-17H,11-14,21H2,1-5H3;1-3H,(H2,7,9,10). The fourth-order valence-corrected chi connectivity index (χ4v) is 9.89. The topological polar surface area (TPSA) is 243 Å². The number of aromatic nitrogens is 2. The maximum atomic E-state index is 12.9. The number of sulfonamides is 2. The molecular weight excluding hydrogens is 924 g/mol. The van der Waals surface area contributed by atoms with Crippen LogP contribution in [0.5, 0.6) is 0 Å². The van der Waals surface area contributed by atoms with Crippen molar-refractivity contribution in [2.45, 2.75) is 139 Å². The number of primary sulfonamides is 2. The van der Waals surface area contributed by atoms with Crippen molar-refractivity contribution in [3.8, 4) is 0 Å². The number of nitrogens with zero attached hydrogens (tertiary/aromatic N) is 4. The zero-order valence-corrected chi connectivity index (χ0v) is 43.3. The molecule has 2 saturated heterocycles. The molecule has 0 aliphatic carbocycles. The number of halogens is 1. The molecule has 2 aromatic heterocycles. The number of hydrogen-bond acceptors (Lipinski definition) is 12. The molecule has 4 atom stereocenters. The van der Waals surface area contributed by atoms with E-state index in [4.69, 9.17) is 20.3 Å². The molecule has 4 unspecified atom stereocenters. The number of hydrogen-bond donors (Lipinski definition) is 4. The minimum atomic E-state index is -3.88. The second-order valence-electron chi connectivity index (χ2n) is 20.8. The Morgan fingerprint density at radius 2 is 1.07 bits per heavy atom. The van der Waals surface area contributed by atoms with Gasteiger partial charge in [-0.25, -0.2) is 46.7 Å². The van der Waals surface area contributed by atoms with Gasteiger partial charge in [-0.2, -0.15) is 4.39 Å². The van der Waals surface area contributed by atoms with Crippen LogP contribution in [0.4, 0.5) is 19.8 Å². The van der Waals surface area contributed by atoms with Crippen molar-refractivity contribution < 1.29 is 40.3 Å². The third-order valence-corrected chi connectivity index (χ3v) is 13.5. The van der Waals surface area contributed by atoms with Gasteiger partial charge in [0.05, 0.1) is 0 Å². The van der Waals surface area contributed by atoms with Crippen LogP contribution in [-0.2, 0) is 29.5 Å². The Labute approximate surface area is 409 Å². The van der Waals surface area contributed by atoms with E-state index in [1.807, 2.05) is 75.6 Å². The number of nitrogens with two attached hydrogens (primary N) is 3. The molecule has 7 N–H and O–H groups in total. The lowest BCUT2D eigenvalue weighted by Gasteiger charge is -2.33. The summed E-state index contributed by atoms with van der Waals surface area (Å²) in [5.41, 5.74) is 6.86. The van der Waals surface area contributed by atoms with Crippen LogP contribution >= 0.6 is 0 Å². The van der Waals surface area contributed by atoms with Crippen LogP contribution in [0, 0.1) is 17.8 Å². The number of rotatable bonds is 12. The van der Waals surface area contributed by atoms with Gasteiger partial charge in [-0.1, -0.05) is 72.8 Å². The quantitative estimate of drug-likeness (QED) is 0.0979. The SMILES string of the molecule is CC(C)(C)OC(=O)N1CC(C(CCN)c2ccccc2)CC1(C)C.CC(C)(C)OC(=O)N1CC(C(CCNc2cccc(S(N)(=O)=O)n2)c2ccccc2)CC1(C)C.NS(=O)(=O)c1cccc(F)n1. The Bertz CT molecular complexity index is 2540. The molecule has 380 valence electrons. The monoisotopic (exact) mass is 996 g/mol. The Kier molecular flexibility index (Phi) is 18.9. The van der Waals surface area contributed by atoms with Gasteiger partial charge in [0.2, 0.25) is 5.95 Å². The van der Waals surface area contributed by atoms with Crippen molar-refractivity contribution in [1.82, 2.24) is 19.8 Å². The highest BCUT2D eigenvalue weighted by molar-refractivity contribution is 7.89. The average molecular weight is 997 g/mol. The van der Waals surface area contributed by atoms with E-state index in [0.29, 0.717) is 37.3 Å². The minimum Gasteiger partial charge on any atom is -0.444 e. The minimum absolute atomic E-state index is 0.164. The summed E-state index contributed by atoms with van der Waals surface area (Å²) in [4.78, 5) is 36.5. The van der Waals surface area contributed by atoms with Crippen LogP contribution in [-0.4, -0.2) is 97.2 Å². The van der Waals surface area contributed by atoms with Gasteiger partial charge in [0.15, 0.2) is 10.1 Å². The van der Waals surface area contributed by atoms with E-state index in [-0.39, 0.29) is 40.1 Å². The van der Waals surface area contributed by atoms with E-state index < -0.39 is 42.2 Å². The number of pyridine rings is 2. The number of ether oxygens (including phenoxy) is 2. The molecule has 69 heavy (non-hydrogen) atoms. The van der Waals surface area contributed by atoms with Gasteiger partial charge >= 0.3 is 12.2 Å². The first-order chi connectivity index (χ1) is 31.9. The number of carbonyl (C=O) groups is 2. The summed E-state index contributed by atoms with van der Waals surface area (Å²) in [7, 11) is -7.74. The lowest BCUT2D eigenvalue weighted by atomic mass is 9.80. The number of anilines is 1. The summed E-state index contributed by atoms with van der Waals surface area (Å²) in [5.74, 6) is 0.815. The molecule has 19 heteroatoms. The number of carbonyl (C=O) groups excluding carboxylic acids is 2. The third-order valence-electron chi connectivity index (χ3n) is 11.9. The van der Waals surface area contributed by atoms with E-state index in [1.54, 1.807) is 12.1 Å². The van der Waals surface area contributed by atoms with Crippen LogP contribution in [0.25, 0.3) is 0 Å². The molecule has 4 heterocycles. The van der Waals surface area contributed by atoms with Gasteiger partial charge in [-0.05, 0) is 161 Å². The maximum Gasteiger partial charge on any atom is 0.410 e. The number of nitrogens with one attached hydrogen (secondary N) is 1. The van der Waals surface area contributed by atoms with Crippen molar-refractivity contribution in [3.63, 3.8) is 0 Å². The summed E-state index contributed by atoms with van der Waals surface area (Å²) in [5, 5.41) is 12.5. The summed E-state index contributed by atoms with van der Waals surface area (Å²) >= 11 is 0. The summed E-state index contributed by atoms with van der Waals surface area (Å²) < 4.78 is 67.8. The first-order valence-electron chi connectivity index (χ1n) is 23.1. The summed E-state index contributed by atoms with van der Waals surface area (Å²) in [6, 6.07) is 28.9. The highest BCUT2D eigenvalue weighted by atomic mass is 32.2. The fraction of sp³-hybridized carbons (Fsp3) is 0.520. The number of amides is 2. The first kappa shape index (κ1) is 56.4. The smallest absolute Gasteiger partial charge is 0.410 e. The second kappa shape index (κ2) is 23.1. The van der Waals surface area contributed by atoms with E-state index in [2.05, 4.69) is 84.5 Å². The molecule has 0 radical (unpaired) electrons. The van der Waals surface area contributed by atoms with Crippen LogP contribution in [0.15, 0.2) is 107 Å². The Hall–Kier alpha value is -5.21. The lowest BCUT2D eigenvalue weighted by Crippen LogP contribution is -2.45. The lowest BCUT2D eigenvalue weighted by molar-refractivity contribution is 0.0118. The Morgan fingerprint density at radius 1 is 0.667 bits per heavy atom. The van der Waals surface area contributed by atoms with Gasteiger partial charge in [0.1, 0.15) is 17.0 Å². The van der Waals surface area contributed by atoms with Gasteiger partial charge in [0.25, 0.3) is 20.0 Å². The average Bonchev–Trinajstić information content (AvgIpc) is 3.74. The summed E-state index contributed by atoms with van der Waals surface area (Å²) in [6.07, 6.45) is 3.04. The molecule has 16 nitrogen and oxygen atoms in total. The molecule has 2 amide bonds. The fourth-order valence-electron chi connectivity index (χ4n) is 8.92. The molecule has 0 bridgehead atoms. The van der Waals surface area contributed by atoms with E-state index >= 15 is 0 Å². The molecule has 0 saturated carbocycles. The van der Waals surface area contributed by atoms with Crippen molar-refractivity contribution >= 4 is 38.1 Å². The highest BCUT2D eigenvalue weighted by Crippen LogP contribution is 2.44. The van der Waals surface area contributed by atoms with Gasteiger partial charge < -0.3 is 30.3 Å². The molecule has 2 aliphatic rings. The largest absolute Gasteiger partial charge is 0.444 e. The number of benzene rings is 2. The highest BCUT2D eigenvalue weighted by Gasteiger charge is 2.47. The normalized spacial score (nSPS) is 18.7. The zero-order chi connectivity index (χ0) is 51.6. The molecule has 2 aliphatic heterocycles. The van der Waals surface area contributed by atoms with Crippen LogP contribution in [0.3, 0.4) is 0 Å². The van der Waals surface area contributed by atoms with Crippen LogP contribution < -0.4 is 21.3 Å². The molecular formula is C50H73FN8O8S2. The molecule has 4 aromatic rings. The molecule has 2 fully saturated rings. The predicted molar refractivity (Wildman–Crippen MR) is 267 cm³/mol. The summed E-state index contributed by atoms with van der Waals surface area (Å²) in [6.45, 7) is 22.4. The van der Waals surface area contributed by atoms with E-state index in [9.17, 15) is 30.8 Å². The van der Waals surface area contributed by atoms with Crippen LogP contribution in [0.2, 0.25) is 0 Å². The molecule has 2 aromatic carbocycles. The second-order valence-corrected chi connectivity index (χ2v) is 23.8. The zero-order valence-electron chi connectivity index (χ0n) is 41.7. The van der Waals surface area contributed by atoms with Crippen LogP contribution in [0.1, 0.15) is 118 Å². The third kappa shape index (κ3) is 17.3. The Balaban J connectivity index is 0.000000255. The predicted octanol–water partition coefficient (Wildman–Crippen LogP) is 8.37. The van der Waals surface area contributed by atoms with Crippen molar-refractivity contribution in [2.75, 3.05) is 31.5 Å². The first-order valence-corrected chi connectivity index (χ1v) is 26.2. The van der Waals surface area contributed by atoms with Crippen molar-refractivity contribution in [2.24, 2.45) is 27.8 Å². The molecule has 0 spiro atoms. The van der Waals surface area contributed by atoms with E-state index in [0.717, 1.165) is 44.4 Å². The number of likely N-dealkylation sites (tertiary alicyclic amines) is 2. The van der Waals surface area contributed by atoms with Gasteiger partial charge in [-0.3, -0.25) is 0 Å². The van der Waals surface area contributed by atoms with Gasteiger partial charge in [-0.15, -0.1) is 0 Å². The van der Waals surface area contributed by atoms with Crippen molar-refractivity contribution in [3.05, 3.63) is 114 Å². The Morgan fingerprint density at radius 3 is 1.45 bits per heavy atom. The maximum absolute atomic E-state index is 12.9. The van der Waals surface area contributed by atoms with E-state index in [1.165, 1.54) is 23.3 Å². The molecule has 6 rings (SSSR count). The van der Waals surface area contributed by atoms with Gasteiger partial charge in [0, 0.05) is 30.7 Å².